The molecule has 0 spiro atoms. The molecule has 88 valence electrons. The average Bonchev–Trinajstić information content (AvgIpc) is 2.23. The molecular weight excluding hydrogens is 230 g/mol. The summed E-state index contributed by atoms with van der Waals surface area (Å²) in [6, 6.07) is 1.71. The summed E-state index contributed by atoms with van der Waals surface area (Å²) in [5.41, 5.74) is 6.40. The smallest absolute Gasteiger partial charge is 0.319 e. The first kappa shape index (κ1) is 12.7. The van der Waals surface area contributed by atoms with E-state index in [1.807, 2.05) is 0 Å². The second-order valence-corrected chi connectivity index (χ2v) is 3.54. The number of nitrogens with zero attached hydrogens (tertiary/aromatic N) is 1. The Hall–Kier alpha value is -1.33. The Bertz CT molecular complexity index is 371. The number of hydrogen-bond acceptors (Lipinski definition) is 5. The average molecular weight is 244 g/mol. The van der Waals surface area contributed by atoms with E-state index in [0.29, 0.717) is 24.0 Å². The fourth-order valence-electron chi connectivity index (χ4n) is 1.14. The summed E-state index contributed by atoms with van der Waals surface area (Å²) < 4.78 is 4.76. The van der Waals surface area contributed by atoms with Crippen LogP contribution in [0.1, 0.15) is 12.5 Å². The van der Waals surface area contributed by atoms with Gasteiger partial charge in [0.15, 0.2) is 0 Å². The van der Waals surface area contributed by atoms with E-state index >= 15 is 0 Å². The van der Waals surface area contributed by atoms with Crippen LogP contribution in [0.2, 0.25) is 5.02 Å². The predicted molar refractivity (Wildman–Crippen MR) is 62.0 cm³/mol. The van der Waals surface area contributed by atoms with Crippen LogP contribution in [0.3, 0.4) is 0 Å². The number of hydrogen-bond donors (Lipinski definition) is 2. The lowest BCUT2D eigenvalue weighted by Gasteiger charge is -2.06. The maximum absolute atomic E-state index is 11.0. The van der Waals surface area contributed by atoms with Crippen LogP contribution in [0.4, 0.5) is 5.82 Å². The molecule has 0 atom stereocenters. The second-order valence-electron chi connectivity index (χ2n) is 3.11. The molecule has 1 aromatic heterocycles. The highest BCUT2D eigenvalue weighted by atomic mass is 35.5. The molecule has 16 heavy (non-hydrogen) atoms. The van der Waals surface area contributed by atoms with E-state index in [2.05, 4.69) is 10.3 Å². The van der Waals surface area contributed by atoms with Gasteiger partial charge in [0.1, 0.15) is 5.82 Å². The van der Waals surface area contributed by atoms with Gasteiger partial charge in [0.2, 0.25) is 0 Å². The molecule has 1 rings (SSSR count). The first-order valence-corrected chi connectivity index (χ1v) is 5.27. The van der Waals surface area contributed by atoms with Gasteiger partial charge in [-0.3, -0.25) is 4.79 Å². The van der Waals surface area contributed by atoms with Crippen molar-refractivity contribution in [1.29, 1.82) is 0 Å². The van der Waals surface area contributed by atoms with Crippen LogP contribution < -0.4 is 11.1 Å². The van der Waals surface area contributed by atoms with E-state index in [0.717, 1.165) is 5.56 Å². The van der Waals surface area contributed by atoms with Gasteiger partial charge in [0.05, 0.1) is 18.2 Å². The Morgan fingerprint density at radius 3 is 3.12 bits per heavy atom. The molecule has 0 fully saturated rings. The van der Waals surface area contributed by atoms with E-state index in [4.69, 9.17) is 22.1 Å². The number of anilines is 1. The third-order valence-electron chi connectivity index (χ3n) is 1.86. The summed E-state index contributed by atoms with van der Waals surface area (Å²) in [5.74, 6) is 0.108. The van der Waals surface area contributed by atoms with Crippen LogP contribution in [-0.2, 0) is 16.1 Å². The second kappa shape index (κ2) is 6.30. The zero-order chi connectivity index (χ0) is 12.0. The fraction of sp³-hybridized carbons (Fsp3) is 0.400. The highest BCUT2D eigenvalue weighted by Crippen LogP contribution is 2.14. The number of carbonyl (C=O) groups excluding carboxylic acids is 1. The van der Waals surface area contributed by atoms with Gasteiger partial charge in [-0.2, -0.15) is 0 Å². The van der Waals surface area contributed by atoms with Crippen molar-refractivity contribution in [2.24, 2.45) is 0 Å². The quantitative estimate of drug-likeness (QED) is 0.754. The van der Waals surface area contributed by atoms with Crippen LogP contribution in [0.5, 0.6) is 0 Å². The minimum atomic E-state index is -0.295. The van der Waals surface area contributed by atoms with Crippen LogP contribution in [0.15, 0.2) is 12.3 Å². The highest BCUT2D eigenvalue weighted by Gasteiger charge is 2.04. The lowest BCUT2D eigenvalue weighted by atomic mass is 10.2. The molecule has 6 heteroatoms. The van der Waals surface area contributed by atoms with Crippen LogP contribution in [0, 0.1) is 0 Å². The molecule has 0 aromatic carbocycles. The number of ether oxygens (including phenoxy) is 1. The molecule has 1 aromatic rings. The number of esters is 1. The number of nitrogen functional groups attached to an aromatic ring is 1. The minimum Gasteiger partial charge on any atom is -0.465 e. The first-order valence-electron chi connectivity index (χ1n) is 4.89. The van der Waals surface area contributed by atoms with Crippen LogP contribution in [0.25, 0.3) is 0 Å². The van der Waals surface area contributed by atoms with E-state index in [9.17, 15) is 4.79 Å². The van der Waals surface area contributed by atoms with Gasteiger partial charge in [-0.25, -0.2) is 4.98 Å². The van der Waals surface area contributed by atoms with Gasteiger partial charge in [0, 0.05) is 18.3 Å². The summed E-state index contributed by atoms with van der Waals surface area (Å²) in [4.78, 5) is 14.9. The number of pyridine rings is 1. The van der Waals surface area contributed by atoms with E-state index in [1.54, 1.807) is 13.0 Å². The van der Waals surface area contributed by atoms with Gasteiger partial charge >= 0.3 is 5.97 Å². The van der Waals surface area contributed by atoms with Gasteiger partial charge in [-0.1, -0.05) is 11.6 Å². The standard InChI is InChI=1S/C10H14ClN3O2/c1-2-16-9(15)6-13-4-7-3-8(11)5-14-10(7)12/h3,5,13H,2,4,6H2,1H3,(H2,12,14). The normalized spacial score (nSPS) is 10.1. The zero-order valence-corrected chi connectivity index (χ0v) is 9.75. The number of aromatic nitrogens is 1. The molecule has 1 heterocycles. The SMILES string of the molecule is CCOC(=O)CNCc1cc(Cl)cnc1N. The van der Waals surface area contributed by atoms with Crippen molar-refractivity contribution in [2.45, 2.75) is 13.5 Å². The molecule has 5 nitrogen and oxygen atoms in total. The predicted octanol–water partition coefficient (Wildman–Crippen LogP) is 0.970. The summed E-state index contributed by atoms with van der Waals surface area (Å²) in [6.07, 6.45) is 1.48. The number of halogens is 1. The largest absolute Gasteiger partial charge is 0.465 e. The topological polar surface area (TPSA) is 77.2 Å². The van der Waals surface area contributed by atoms with Crippen molar-refractivity contribution < 1.29 is 9.53 Å². The first-order chi connectivity index (χ1) is 7.63. The van der Waals surface area contributed by atoms with Crippen molar-refractivity contribution >= 4 is 23.4 Å². The van der Waals surface area contributed by atoms with Gasteiger partial charge in [-0.15, -0.1) is 0 Å². The molecule has 0 saturated heterocycles. The minimum absolute atomic E-state index is 0.139. The third kappa shape index (κ3) is 4.04. The Balaban J connectivity index is 2.42. The molecule has 0 bridgehead atoms. The van der Waals surface area contributed by atoms with Crippen molar-refractivity contribution in [2.75, 3.05) is 18.9 Å². The zero-order valence-electron chi connectivity index (χ0n) is 9.00. The van der Waals surface area contributed by atoms with E-state index in [-0.39, 0.29) is 12.5 Å². The molecule has 0 aliphatic rings. The molecule has 0 aliphatic carbocycles. The fourth-order valence-corrected chi connectivity index (χ4v) is 1.33. The van der Waals surface area contributed by atoms with Gasteiger partial charge in [-0.05, 0) is 13.0 Å². The Kier molecular flexibility index (Phi) is 5.01. The van der Waals surface area contributed by atoms with Crippen molar-refractivity contribution in [3.8, 4) is 0 Å². The molecule has 0 amide bonds. The number of nitrogens with two attached hydrogens (primary N) is 1. The maximum Gasteiger partial charge on any atom is 0.319 e. The Morgan fingerprint density at radius 2 is 2.44 bits per heavy atom. The third-order valence-corrected chi connectivity index (χ3v) is 2.06. The number of carbonyl (C=O) groups is 1. The van der Waals surface area contributed by atoms with Crippen LogP contribution in [-0.4, -0.2) is 24.1 Å². The van der Waals surface area contributed by atoms with E-state index in [1.165, 1.54) is 6.20 Å². The lowest BCUT2D eigenvalue weighted by molar-refractivity contribution is -0.142. The molecule has 3 N–H and O–H groups in total. The van der Waals surface area contributed by atoms with Crippen molar-refractivity contribution in [3.63, 3.8) is 0 Å². The Labute approximate surface area is 98.9 Å². The summed E-state index contributed by atoms with van der Waals surface area (Å²) in [7, 11) is 0. The lowest BCUT2D eigenvalue weighted by Crippen LogP contribution is -2.24. The molecule has 0 aliphatic heterocycles. The summed E-state index contributed by atoms with van der Waals surface area (Å²) in [5, 5.41) is 3.42. The van der Waals surface area contributed by atoms with Crippen molar-refractivity contribution in [3.05, 3.63) is 22.8 Å². The molecule has 0 saturated carbocycles. The van der Waals surface area contributed by atoms with Gasteiger partial charge < -0.3 is 15.8 Å². The van der Waals surface area contributed by atoms with E-state index < -0.39 is 0 Å². The molecule has 0 radical (unpaired) electrons. The van der Waals surface area contributed by atoms with Crippen molar-refractivity contribution in [1.82, 2.24) is 10.3 Å². The monoisotopic (exact) mass is 243 g/mol. The molecule has 0 unspecified atom stereocenters. The number of rotatable bonds is 5. The number of nitrogens with one attached hydrogen (secondary N) is 1. The summed E-state index contributed by atoms with van der Waals surface area (Å²) >= 11 is 5.77. The summed E-state index contributed by atoms with van der Waals surface area (Å²) in [6.45, 7) is 2.70. The highest BCUT2D eigenvalue weighted by molar-refractivity contribution is 6.30. The molecular formula is C10H14ClN3O2. The van der Waals surface area contributed by atoms with Crippen LogP contribution >= 0.6 is 11.6 Å². The maximum atomic E-state index is 11.0. The van der Waals surface area contributed by atoms with Gasteiger partial charge in [0.25, 0.3) is 0 Å². The Morgan fingerprint density at radius 1 is 1.69 bits per heavy atom.